The third-order valence-electron chi connectivity index (χ3n) is 6.94. The Hall–Kier alpha value is -4.11. The van der Waals surface area contributed by atoms with Gasteiger partial charge in [-0.05, 0) is 78.1 Å². The van der Waals surface area contributed by atoms with Crippen LogP contribution < -0.4 is 0 Å². The van der Waals surface area contributed by atoms with E-state index in [-0.39, 0.29) is 0 Å². The summed E-state index contributed by atoms with van der Waals surface area (Å²) in [5, 5.41) is 0. The lowest BCUT2D eigenvalue weighted by Gasteiger charge is -2.13. The minimum Gasteiger partial charge on any atom is -0.251 e. The Bertz CT molecular complexity index is 1470. The van der Waals surface area contributed by atoms with Crippen molar-refractivity contribution in [2.45, 2.75) is 59.3 Å². The van der Waals surface area contributed by atoms with Gasteiger partial charge in [0, 0.05) is 0 Å². The standard InChI is InChI=1S/C36H39N3/c1-7-28-19-21-29(22-20-28)23-24-36(39-34-16-11-9-14-31(34)26(4)5)35-18-12-17-32(38-35)27(6)37-33-15-10-8-13-30(33)25(2)3/h7-22,25-26H,1,23-24H2,2-6H3. The summed E-state index contributed by atoms with van der Waals surface area (Å²) in [5.74, 6) is 0.782. The van der Waals surface area contributed by atoms with Crippen LogP contribution in [0.2, 0.25) is 0 Å². The molecule has 3 aromatic carbocycles. The van der Waals surface area contributed by atoms with Crippen LogP contribution in [0.5, 0.6) is 0 Å². The molecule has 0 unspecified atom stereocenters. The summed E-state index contributed by atoms with van der Waals surface area (Å²) in [6.45, 7) is 14.7. The number of aromatic nitrogens is 1. The van der Waals surface area contributed by atoms with E-state index in [1.807, 2.05) is 25.1 Å². The molecule has 0 aliphatic rings. The number of hydrogen-bond acceptors (Lipinski definition) is 3. The number of aryl methyl sites for hydroxylation is 1. The second-order valence-electron chi connectivity index (χ2n) is 10.5. The van der Waals surface area contributed by atoms with Crippen LogP contribution in [0.3, 0.4) is 0 Å². The van der Waals surface area contributed by atoms with E-state index in [1.165, 1.54) is 16.7 Å². The Labute approximate surface area is 234 Å². The first-order chi connectivity index (χ1) is 18.9. The Balaban J connectivity index is 1.72. The lowest BCUT2D eigenvalue weighted by atomic mass is 10.00. The van der Waals surface area contributed by atoms with Gasteiger partial charge >= 0.3 is 0 Å². The molecule has 0 aliphatic carbocycles. The quantitative estimate of drug-likeness (QED) is 0.194. The Morgan fingerprint density at radius 3 is 1.87 bits per heavy atom. The first kappa shape index (κ1) is 27.9. The van der Waals surface area contributed by atoms with Crippen LogP contribution in [-0.4, -0.2) is 16.4 Å². The van der Waals surface area contributed by atoms with Crippen molar-refractivity contribution in [3.63, 3.8) is 0 Å². The summed E-state index contributed by atoms with van der Waals surface area (Å²) < 4.78 is 0. The van der Waals surface area contributed by atoms with Crippen molar-refractivity contribution < 1.29 is 0 Å². The predicted octanol–water partition coefficient (Wildman–Crippen LogP) is 9.87. The molecule has 0 spiro atoms. The third-order valence-corrected chi connectivity index (χ3v) is 6.94. The second kappa shape index (κ2) is 13.1. The molecule has 0 fully saturated rings. The summed E-state index contributed by atoms with van der Waals surface area (Å²) in [5.41, 5.74) is 10.5. The smallest absolute Gasteiger partial charge is 0.0852 e. The molecule has 0 amide bonds. The number of rotatable bonds is 10. The summed E-state index contributed by atoms with van der Waals surface area (Å²) >= 11 is 0. The van der Waals surface area contributed by atoms with E-state index in [0.717, 1.165) is 52.6 Å². The predicted molar refractivity (Wildman–Crippen MR) is 168 cm³/mol. The highest BCUT2D eigenvalue weighted by atomic mass is 14.8. The number of aliphatic imine (C=N–C) groups is 2. The number of benzene rings is 3. The maximum atomic E-state index is 5.22. The zero-order valence-corrected chi connectivity index (χ0v) is 23.9. The van der Waals surface area contributed by atoms with E-state index >= 15 is 0 Å². The molecule has 0 saturated carbocycles. The Kier molecular flexibility index (Phi) is 9.38. The van der Waals surface area contributed by atoms with E-state index in [0.29, 0.717) is 11.8 Å². The fourth-order valence-corrected chi connectivity index (χ4v) is 4.66. The molecule has 0 aliphatic heterocycles. The highest BCUT2D eigenvalue weighted by molar-refractivity contribution is 6.03. The molecule has 4 aromatic rings. The van der Waals surface area contributed by atoms with Crippen LogP contribution in [0, 0.1) is 0 Å². The maximum absolute atomic E-state index is 5.22. The Morgan fingerprint density at radius 2 is 1.28 bits per heavy atom. The van der Waals surface area contributed by atoms with Crippen LogP contribution in [-0.2, 0) is 6.42 Å². The van der Waals surface area contributed by atoms with Crippen molar-refractivity contribution in [2.75, 3.05) is 0 Å². The van der Waals surface area contributed by atoms with E-state index < -0.39 is 0 Å². The number of pyridine rings is 1. The molecule has 39 heavy (non-hydrogen) atoms. The van der Waals surface area contributed by atoms with Gasteiger partial charge in [-0.2, -0.15) is 0 Å². The largest absolute Gasteiger partial charge is 0.251 e. The molecule has 0 bridgehead atoms. The lowest BCUT2D eigenvalue weighted by Crippen LogP contribution is -2.09. The van der Waals surface area contributed by atoms with Crippen LogP contribution in [0.25, 0.3) is 6.08 Å². The number of nitrogens with zero attached hydrogens (tertiary/aromatic N) is 3. The van der Waals surface area contributed by atoms with Crippen LogP contribution in [0.4, 0.5) is 11.4 Å². The van der Waals surface area contributed by atoms with Crippen molar-refractivity contribution in [1.82, 2.24) is 4.98 Å². The summed E-state index contributed by atoms with van der Waals surface area (Å²) in [7, 11) is 0. The van der Waals surface area contributed by atoms with Crippen LogP contribution >= 0.6 is 0 Å². The average Bonchev–Trinajstić information content (AvgIpc) is 2.96. The van der Waals surface area contributed by atoms with Gasteiger partial charge < -0.3 is 0 Å². The van der Waals surface area contributed by atoms with Gasteiger partial charge in [0.15, 0.2) is 0 Å². The fourth-order valence-electron chi connectivity index (χ4n) is 4.66. The lowest BCUT2D eigenvalue weighted by molar-refractivity contribution is 0.866. The molecule has 1 heterocycles. The van der Waals surface area contributed by atoms with Gasteiger partial charge in [-0.15, -0.1) is 0 Å². The summed E-state index contributed by atoms with van der Waals surface area (Å²) in [4.78, 5) is 15.3. The minimum absolute atomic E-state index is 0.382. The zero-order valence-electron chi connectivity index (χ0n) is 23.9. The fraction of sp³-hybridized carbons (Fsp3) is 0.250. The number of hydrogen-bond donors (Lipinski definition) is 0. The molecule has 3 heteroatoms. The Morgan fingerprint density at radius 1 is 0.718 bits per heavy atom. The molecule has 3 nitrogen and oxygen atoms in total. The van der Waals surface area contributed by atoms with Crippen molar-refractivity contribution in [1.29, 1.82) is 0 Å². The highest BCUT2D eigenvalue weighted by Crippen LogP contribution is 2.29. The molecule has 1 aromatic heterocycles. The van der Waals surface area contributed by atoms with Gasteiger partial charge in [-0.3, -0.25) is 9.98 Å². The molecular formula is C36H39N3. The zero-order chi connectivity index (χ0) is 27.8. The molecular weight excluding hydrogens is 474 g/mol. The van der Waals surface area contributed by atoms with E-state index in [1.54, 1.807) is 0 Å². The van der Waals surface area contributed by atoms with Crippen molar-refractivity contribution >= 4 is 28.9 Å². The SMILES string of the molecule is C=Cc1ccc(CCC(=Nc2ccccc2C(C)C)c2cccc(C(C)=Nc3ccccc3C(C)C)n2)cc1. The normalized spacial score (nSPS) is 12.3. The van der Waals surface area contributed by atoms with Gasteiger partial charge in [0.05, 0.1) is 34.2 Å². The molecule has 4 rings (SSSR count). The van der Waals surface area contributed by atoms with Gasteiger partial charge in [0.1, 0.15) is 0 Å². The van der Waals surface area contributed by atoms with Gasteiger partial charge in [-0.1, -0.05) is 107 Å². The molecule has 198 valence electrons. The third kappa shape index (κ3) is 7.26. The van der Waals surface area contributed by atoms with Crippen LogP contribution in [0.15, 0.2) is 108 Å². The van der Waals surface area contributed by atoms with Gasteiger partial charge in [0.2, 0.25) is 0 Å². The molecule has 0 atom stereocenters. The number of para-hydroxylation sites is 2. The molecule has 0 N–H and O–H groups in total. The molecule has 0 saturated heterocycles. The topological polar surface area (TPSA) is 37.6 Å². The first-order valence-electron chi connectivity index (χ1n) is 13.9. The molecule has 0 radical (unpaired) electrons. The average molecular weight is 514 g/mol. The van der Waals surface area contributed by atoms with Crippen LogP contribution in [0.1, 0.15) is 86.5 Å². The summed E-state index contributed by atoms with van der Waals surface area (Å²) in [6, 6.07) is 31.5. The first-order valence-corrected chi connectivity index (χ1v) is 13.9. The highest BCUT2D eigenvalue weighted by Gasteiger charge is 2.13. The van der Waals surface area contributed by atoms with Crippen molar-refractivity contribution in [3.05, 3.63) is 131 Å². The van der Waals surface area contributed by atoms with E-state index in [4.69, 9.17) is 15.0 Å². The second-order valence-corrected chi connectivity index (χ2v) is 10.5. The van der Waals surface area contributed by atoms with Gasteiger partial charge in [0.25, 0.3) is 0 Å². The summed E-state index contributed by atoms with van der Waals surface area (Å²) in [6.07, 6.45) is 3.53. The maximum Gasteiger partial charge on any atom is 0.0852 e. The van der Waals surface area contributed by atoms with Crippen molar-refractivity contribution in [2.24, 2.45) is 9.98 Å². The van der Waals surface area contributed by atoms with Crippen molar-refractivity contribution in [3.8, 4) is 0 Å². The van der Waals surface area contributed by atoms with Gasteiger partial charge in [-0.25, -0.2) is 4.98 Å². The monoisotopic (exact) mass is 513 g/mol. The van der Waals surface area contributed by atoms with E-state index in [9.17, 15) is 0 Å². The minimum atomic E-state index is 0.382. The van der Waals surface area contributed by atoms with E-state index in [2.05, 4.69) is 113 Å².